The van der Waals surface area contributed by atoms with Crippen LogP contribution in [0.3, 0.4) is 0 Å². The van der Waals surface area contributed by atoms with Crippen LogP contribution in [0.4, 0.5) is 0 Å². The first-order valence-corrected chi connectivity index (χ1v) is 7.83. The molecule has 21 heavy (non-hydrogen) atoms. The van der Waals surface area contributed by atoms with Gasteiger partial charge in [-0.05, 0) is 18.2 Å². The van der Waals surface area contributed by atoms with Crippen LogP contribution in [0.5, 0.6) is 11.5 Å². The summed E-state index contributed by atoms with van der Waals surface area (Å²) in [6.45, 7) is 0.965. The third-order valence-electron chi connectivity index (χ3n) is 3.21. The second-order valence-electron chi connectivity index (χ2n) is 4.59. The quantitative estimate of drug-likeness (QED) is 0.815. The van der Waals surface area contributed by atoms with E-state index < -0.39 is 6.10 Å². The van der Waals surface area contributed by atoms with Gasteiger partial charge in [0.15, 0.2) is 11.5 Å². The second-order valence-corrected chi connectivity index (χ2v) is 6.32. The average Bonchev–Trinajstić information content (AvgIpc) is 2.46. The molecule has 3 nitrogen and oxygen atoms in total. The molecule has 0 bridgehead atoms. The summed E-state index contributed by atoms with van der Waals surface area (Å²) in [5.74, 6) is 1.16. The van der Waals surface area contributed by atoms with Crippen molar-refractivity contribution in [3.05, 3.63) is 56.0 Å². The largest absolute Gasteiger partial charge is 0.486 e. The predicted octanol–water partition coefficient (Wildman–Crippen LogP) is 4.61. The fraction of sp³-hybridized carbons (Fsp3) is 0.200. The van der Waals surface area contributed by atoms with Gasteiger partial charge in [0.2, 0.25) is 0 Å². The van der Waals surface area contributed by atoms with Gasteiger partial charge < -0.3 is 14.6 Å². The molecule has 1 heterocycles. The maximum Gasteiger partial charge on any atom is 0.162 e. The standard InChI is InChI=1S/C15H11BrCl2O3/c16-8-1-2-9(11(17)5-8)15(19)10-6-13-14(7-12(10)18)21-4-3-20-13/h1-2,5-7,15,19H,3-4H2. The van der Waals surface area contributed by atoms with E-state index in [1.54, 1.807) is 24.3 Å². The summed E-state index contributed by atoms with van der Waals surface area (Å²) < 4.78 is 11.8. The zero-order valence-corrected chi connectivity index (χ0v) is 13.9. The Kier molecular flexibility index (Phi) is 4.31. The van der Waals surface area contributed by atoms with E-state index in [1.165, 1.54) is 0 Å². The van der Waals surface area contributed by atoms with Crippen molar-refractivity contribution in [2.24, 2.45) is 0 Å². The monoisotopic (exact) mass is 388 g/mol. The van der Waals surface area contributed by atoms with E-state index in [4.69, 9.17) is 32.7 Å². The van der Waals surface area contributed by atoms with Crippen LogP contribution in [0.2, 0.25) is 10.0 Å². The van der Waals surface area contributed by atoms with E-state index in [0.29, 0.717) is 45.9 Å². The Morgan fingerprint density at radius 2 is 1.57 bits per heavy atom. The van der Waals surface area contributed by atoms with Crippen molar-refractivity contribution in [2.45, 2.75) is 6.10 Å². The predicted molar refractivity (Wildman–Crippen MR) is 85.7 cm³/mol. The molecule has 1 aliphatic heterocycles. The minimum Gasteiger partial charge on any atom is -0.486 e. The highest BCUT2D eigenvalue weighted by molar-refractivity contribution is 9.10. The normalized spacial score (nSPS) is 14.9. The molecule has 2 aromatic rings. The summed E-state index contributed by atoms with van der Waals surface area (Å²) in [6, 6.07) is 8.65. The molecule has 0 radical (unpaired) electrons. The van der Waals surface area contributed by atoms with Crippen LogP contribution in [-0.4, -0.2) is 18.3 Å². The Labute approximate surface area is 140 Å². The van der Waals surface area contributed by atoms with Gasteiger partial charge in [0.05, 0.1) is 5.02 Å². The molecule has 6 heteroatoms. The maximum absolute atomic E-state index is 10.6. The number of halogens is 3. The summed E-state index contributed by atoms with van der Waals surface area (Å²) in [5.41, 5.74) is 1.11. The number of aliphatic hydroxyl groups is 1. The highest BCUT2D eigenvalue weighted by atomic mass is 79.9. The second kappa shape index (κ2) is 6.05. The minimum atomic E-state index is -0.936. The number of hydrogen-bond acceptors (Lipinski definition) is 3. The molecule has 0 spiro atoms. The van der Waals surface area contributed by atoms with E-state index in [2.05, 4.69) is 15.9 Å². The molecule has 1 aliphatic rings. The van der Waals surface area contributed by atoms with Crippen LogP contribution in [0.25, 0.3) is 0 Å². The number of ether oxygens (including phenoxy) is 2. The molecule has 1 unspecified atom stereocenters. The summed E-state index contributed by atoms with van der Waals surface area (Å²) >= 11 is 15.8. The molecular weight excluding hydrogens is 379 g/mol. The van der Waals surface area contributed by atoms with Crippen LogP contribution < -0.4 is 9.47 Å². The number of hydrogen-bond donors (Lipinski definition) is 1. The van der Waals surface area contributed by atoms with Gasteiger partial charge in [-0.2, -0.15) is 0 Å². The molecule has 0 saturated heterocycles. The van der Waals surface area contributed by atoms with Crippen LogP contribution in [0.15, 0.2) is 34.8 Å². The molecule has 110 valence electrons. The first-order valence-electron chi connectivity index (χ1n) is 6.28. The fourth-order valence-corrected chi connectivity index (χ4v) is 3.21. The van der Waals surface area contributed by atoms with Gasteiger partial charge in [-0.1, -0.05) is 45.2 Å². The smallest absolute Gasteiger partial charge is 0.162 e. The minimum absolute atomic E-state index is 0.408. The van der Waals surface area contributed by atoms with Crippen LogP contribution >= 0.6 is 39.1 Å². The molecule has 1 N–H and O–H groups in total. The van der Waals surface area contributed by atoms with Crippen molar-refractivity contribution in [1.82, 2.24) is 0 Å². The lowest BCUT2D eigenvalue weighted by molar-refractivity contribution is 0.169. The van der Waals surface area contributed by atoms with E-state index in [-0.39, 0.29) is 0 Å². The first kappa shape index (κ1) is 15.0. The van der Waals surface area contributed by atoms with E-state index >= 15 is 0 Å². The van der Waals surface area contributed by atoms with E-state index in [1.807, 2.05) is 6.07 Å². The zero-order chi connectivity index (χ0) is 15.0. The maximum atomic E-state index is 10.6. The Hall–Kier alpha value is -0.940. The Bertz CT molecular complexity index is 691. The highest BCUT2D eigenvalue weighted by Crippen LogP contribution is 2.40. The van der Waals surface area contributed by atoms with Crippen molar-refractivity contribution in [2.75, 3.05) is 13.2 Å². The summed E-state index contributed by atoms with van der Waals surface area (Å²) in [6.07, 6.45) is -0.936. The SMILES string of the molecule is OC(c1ccc(Br)cc1Cl)c1cc2c(cc1Cl)OCCO2. The lowest BCUT2D eigenvalue weighted by Crippen LogP contribution is -2.16. The third kappa shape index (κ3) is 2.99. The molecule has 0 aliphatic carbocycles. The summed E-state index contributed by atoms with van der Waals surface area (Å²) in [4.78, 5) is 0. The van der Waals surface area contributed by atoms with Gasteiger partial charge >= 0.3 is 0 Å². The van der Waals surface area contributed by atoms with Crippen molar-refractivity contribution in [3.8, 4) is 11.5 Å². The fourth-order valence-electron chi connectivity index (χ4n) is 2.18. The van der Waals surface area contributed by atoms with Crippen molar-refractivity contribution in [1.29, 1.82) is 0 Å². The molecule has 0 saturated carbocycles. The third-order valence-corrected chi connectivity index (χ3v) is 4.36. The molecule has 1 atom stereocenters. The Balaban J connectivity index is 2.03. The lowest BCUT2D eigenvalue weighted by atomic mass is 10.0. The molecule has 0 aromatic heterocycles. The Morgan fingerprint density at radius 3 is 2.24 bits per heavy atom. The number of fused-ring (bicyclic) bond motifs is 1. The zero-order valence-electron chi connectivity index (χ0n) is 10.8. The average molecular weight is 390 g/mol. The molecule has 0 amide bonds. The molecule has 3 rings (SSSR count). The highest BCUT2D eigenvalue weighted by Gasteiger charge is 2.22. The molecule has 2 aromatic carbocycles. The van der Waals surface area contributed by atoms with Gasteiger partial charge in [0.1, 0.15) is 19.3 Å². The van der Waals surface area contributed by atoms with Crippen molar-refractivity contribution < 1.29 is 14.6 Å². The first-order chi connectivity index (χ1) is 10.1. The number of benzene rings is 2. The van der Waals surface area contributed by atoms with Crippen LogP contribution in [0, 0.1) is 0 Å². The number of aliphatic hydroxyl groups excluding tert-OH is 1. The van der Waals surface area contributed by atoms with Gasteiger partial charge in [-0.3, -0.25) is 0 Å². The Morgan fingerprint density at radius 1 is 0.952 bits per heavy atom. The van der Waals surface area contributed by atoms with Crippen molar-refractivity contribution >= 4 is 39.1 Å². The van der Waals surface area contributed by atoms with Crippen LogP contribution in [-0.2, 0) is 0 Å². The van der Waals surface area contributed by atoms with Gasteiger partial charge in [0, 0.05) is 26.7 Å². The van der Waals surface area contributed by atoms with Crippen LogP contribution in [0.1, 0.15) is 17.2 Å². The van der Waals surface area contributed by atoms with Gasteiger partial charge in [-0.15, -0.1) is 0 Å². The van der Waals surface area contributed by atoms with E-state index in [0.717, 1.165) is 4.47 Å². The molecule has 0 fully saturated rings. The number of rotatable bonds is 2. The lowest BCUT2D eigenvalue weighted by Gasteiger charge is -2.22. The molecular formula is C15H11BrCl2O3. The van der Waals surface area contributed by atoms with Crippen molar-refractivity contribution in [3.63, 3.8) is 0 Å². The summed E-state index contributed by atoms with van der Waals surface area (Å²) in [5, 5.41) is 11.4. The topological polar surface area (TPSA) is 38.7 Å². The van der Waals surface area contributed by atoms with Gasteiger partial charge in [-0.25, -0.2) is 0 Å². The van der Waals surface area contributed by atoms with E-state index in [9.17, 15) is 5.11 Å². The van der Waals surface area contributed by atoms with Gasteiger partial charge in [0.25, 0.3) is 0 Å². The summed E-state index contributed by atoms with van der Waals surface area (Å²) in [7, 11) is 0.